The van der Waals surface area contributed by atoms with E-state index in [4.69, 9.17) is 9.47 Å². The molecule has 5 nitrogen and oxygen atoms in total. The van der Waals surface area contributed by atoms with E-state index in [1.165, 1.54) is 0 Å². The van der Waals surface area contributed by atoms with Crippen LogP contribution in [0.15, 0.2) is 65.6 Å². The van der Waals surface area contributed by atoms with Crippen LogP contribution < -0.4 is 14.2 Å². The monoisotopic (exact) mass is 413 g/mol. The number of rotatable bonds is 8. The average Bonchev–Trinajstić information content (AvgIpc) is 2.72. The quantitative estimate of drug-likeness (QED) is 0.569. The fourth-order valence-corrected chi connectivity index (χ4v) is 4.58. The van der Waals surface area contributed by atoms with Crippen LogP contribution in [-0.2, 0) is 10.0 Å². The topological polar surface area (TPSA) is 64.6 Å². The molecular weight excluding hydrogens is 386 g/mol. The zero-order valence-electron chi connectivity index (χ0n) is 17.2. The molecule has 0 heterocycles. The zero-order chi connectivity index (χ0) is 21.0. The molecule has 0 aromatic heterocycles. The van der Waals surface area contributed by atoms with Crippen molar-refractivity contribution in [3.05, 3.63) is 66.2 Å². The summed E-state index contributed by atoms with van der Waals surface area (Å²) in [5.74, 6) is 1.81. The summed E-state index contributed by atoms with van der Waals surface area (Å²) < 4.78 is 39.6. The fourth-order valence-electron chi connectivity index (χ4n) is 3.31. The van der Waals surface area contributed by atoms with Crippen LogP contribution in [0.3, 0.4) is 0 Å². The van der Waals surface area contributed by atoms with Crippen molar-refractivity contribution >= 4 is 20.8 Å². The van der Waals surface area contributed by atoms with Gasteiger partial charge in [-0.05, 0) is 65.1 Å². The lowest BCUT2D eigenvalue weighted by atomic mass is 9.98. The van der Waals surface area contributed by atoms with Gasteiger partial charge in [0.15, 0.2) is 0 Å². The van der Waals surface area contributed by atoms with Gasteiger partial charge in [0.05, 0.1) is 19.1 Å². The van der Waals surface area contributed by atoms with Gasteiger partial charge in [-0.3, -0.25) is 0 Å². The summed E-state index contributed by atoms with van der Waals surface area (Å²) in [5, 5.41) is 1.77. The van der Waals surface area contributed by atoms with Crippen molar-refractivity contribution in [3.8, 4) is 11.5 Å². The van der Waals surface area contributed by atoms with E-state index >= 15 is 0 Å². The van der Waals surface area contributed by atoms with Crippen molar-refractivity contribution < 1.29 is 17.9 Å². The highest BCUT2D eigenvalue weighted by atomic mass is 32.2. The second kappa shape index (κ2) is 8.84. The van der Waals surface area contributed by atoms with E-state index in [0.717, 1.165) is 27.8 Å². The Hall–Kier alpha value is -2.57. The minimum atomic E-state index is -3.69. The third-order valence-corrected chi connectivity index (χ3v) is 6.32. The molecular formula is C23H27NO4S. The summed E-state index contributed by atoms with van der Waals surface area (Å²) in [7, 11) is -0.470. The van der Waals surface area contributed by atoms with Crippen LogP contribution in [0.5, 0.6) is 11.5 Å². The van der Waals surface area contributed by atoms with Crippen molar-refractivity contribution in [2.24, 2.45) is 5.92 Å². The number of hydrogen-bond donors (Lipinski definition) is 1. The Morgan fingerprint density at radius 1 is 0.828 bits per heavy atom. The average molecular weight is 414 g/mol. The first-order chi connectivity index (χ1) is 13.8. The van der Waals surface area contributed by atoms with Crippen LogP contribution >= 0.6 is 0 Å². The van der Waals surface area contributed by atoms with Gasteiger partial charge in [-0.25, -0.2) is 13.1 Å². The van der Waals surface area contributed by atoms with Crippen LogP contribution in [0.25, 0.3) is 10.8 Å². The molecule has 0 unspecified atom stereocenters. The van der Waals surface area contributed by atoms with E-state index in [1.807, 2.05) is 42.5 Å². The van der Waals surface area contributed by atoms with Crippen LogP contribution in [0.1, 0.15) is 31.9 Å². The van der Waals surface area contributed by atoms with Gasteiger partial charge in [0.25, 0.3) is 0 Å². The first-order valence-corrected chi connectivity index (χ1v) is 11.0. The number of fused-ring (bicyclic) bond motifs is 1. The van der Waals surface area contributed by atoms with Gasteiger partial charge in [-0.15, -0.1) is 0 Å². The molecule has 1 N–H and O–H groups in total. The number of methoxy groups -OCH3 is 2. The Bertz CT molecular complexity index is 1080. The Morgan fingerprint density at radius 3 is 2.03 bits per heavy atom. The molecule has 3 rings (SSSR count). The highest BCUT2D eigenvalue weighted by molar-refractivity contribution is 7.89. The minimum absolute atomic E-state index is 0.248. The maximum atomic E-state index is 13.1. The summed E-state index contributed by atoms with van der Waals surface area (Å²) in [6, 6.07) is 17.9. The van der Waals surface area contributed by atoms with Crippen LogP contribution in [0.4, 0.5) is 0 Å². The molecule has 3 aromatic carbocycles. The SMILES string of the molecule is COc1ccc([C@H](CC(C)C)NS(=O)(=O)c2ccc3cc(OC)ccc3c2)cc1. The maximum Gasteiger partial charge on any atom is 0.241 e. The molecule has 0 saturated carbocycles. The predicted molar refractivity (Wildman–Crippen MR) is 116 cm³/mol. The third-order valence-electron chi connectivity index (χ3n) is 4.85. The molecule has 154 valence electrons. The van der Waals surface area contributed by atoms with E-state index in [2.05, 4.69) is 18.6 Å². The van der Waals surface area contributed by atoms with Crippen molar-refractivity contribution in [2.45, 2.75) is 31.2 Å². The molecule has 1 atom stereocenters. The van der Waals surface area contributed by atoms with Crippen LogP contribution in [-0.4, -0.2) is 22.6 Å². The minimum Gasteiger partial charge on any atom is -0.497 e. The highest BCUT2D eigenvalue weighted by Gasteiger charge is 2.22. The standard InChI is InChI=1S/C23H27NO4S/c1-16(2)13-23(17-5-9-20(27-3)10-6-17)24-29(25,26)22-12-8-18-14-21(28-4)11-7-19(18)15-22/h5-12,14-16,23-24H,13H2,1-4H3/t23-/m0/s1. The van der Waals surface area contributed by atoms with E-state index < -0.39 is 10.0 Å². The lowest BCUT2D eigenvalue weighted by Crippen LogP contribution is -2.29. The molecule has 0 bridgehead atoms. The van der Waals surface area contributed by atoms with Gasteiger partial charge >= 0.3 is 0 Å². The van der Waals surface area contributed by atoms with E-state index in [-0.39, 0.29) is 10.9 Å². The first-order valence-electron chi connectivity index (χ1n) is 9.56. The second-order valence-electron chi connectivity index (χ2n) is 7.45. The Morgan fingerprint density at radius 2 is 1.41 bits per heavy atom. The summed E-state index contributed by atoms with van der Waals surface area (Å²) >= 11 is 0. The smallest absolute Gasteiger partial charge is 0.241 e. The molecule has 6 heteroatoms. The van der Waals surface area contributed by atoms with Crippen molar-refractivity contribution in [1.82, 2.24) is 4.72 Å². The van der Waals surface area contributed by atoms with Gasteiger partial charge in [-0.2, -0.15) is 0 Å². The zero-order valence-corrected chi connectivity index (χ0v) is 18.0. The lowest BCUT2D eigenvalue weighted by Gasteiger charge is -2.21. The van der Waals surface area contributed by atoms with Crippen molar-refractivity contribution in [3.63, 3.8) is 0 Å². The molecule has 3 aromatic rings. The molecule has 0 fully saturated rings. The van der Waals surface area contributed by atoms with Crippen molar-refractivity contribution in [1.29, 1.82) is 0 Å². The van der Waals surface area contributed by atoms with Gasteiger partial charge in [0, 0.05) is 6.04 Å². The number of sulfonamides is 1. The Balaban J connectivity index is 1.92. The molecule has 0 saturated heterocycles. The van der Waals surface area contributed by atoms with Crippen LogP contribution in [0.2, 0.25) is 0 Å². The molecule has 0 aliphatic heterocycles. The molecule has 29 heavy (non-hydrogen) atoms. The molecule has 0 aliphatic rings. The van der Waals surface area contributed by atoms with Crippen molar-refractivity contribution in [2.75, 3.05) is 14.2 Å². The summed E-state index contributed by atoms with van der Waals surface area (Å²) in [5.41, 5.74) is 0.911. The summed E-state index contributed by atoms with van der Waals surface area (Å²) in [6.45, 7) is 4.16. The summed E-state index contributed by atoms with van der Waals surface area (Å²) in [4.78, 5) is 0.248. The molecule has 0 spiro atoms. The second-order valence-corrected chi connectivity index (χ2v) is 9.17. The summed E-state index contributed by atoms with van der Waals surface area (Å²) in [6.07, 6.45) is 0.691. The number of hydrogen-bond acceptors (Lipinski definition) is 4. The predicted octanol–water partition coefficient (Wildman–Crippen LogP) is 4.92. The van der Waals surface area contributed by atoms with Gasteiger partial charge in [0.1, 0.15) is 11.5 Å². The number of ether oxygens (including phenoxy) is 2. The molecule has 0 aliphatic carbocycles. The van der Waals surface area contributed by atoms with E-state index in [1.54, 1.807) is 32.4 Å². The number of nitrogens with one attached hydrogen (secondary N) is 1. The Kier molecular flexibility index (Phi) is 6.45. The number of benzene rings is 3. The van der Waals surface area contributed by atoms with E-state index in [0.29, 0.717) is 12.3 Å². The largest absolute Gasteiger partial charge is 0.497 e. The van der Waals surface area contributed by atoms with Crippen LogP contribution in [0, 0.1) is 5.92 Å². The Labute approximate surface area is 172 Å². The molecule has 0 amide bonds. The highest BCUT2D eigenvalue weighted by Crippen LogP contribution is 2.28. The maximum absolute atomic E-state index is 13.1. The lowest BCUT2D eigenvalue weighted by molar-refractivity contribution is 0.414. The molecule has 0 radical (unpaired) electrons. The van der Waals surface area contributed by atoms with Gasteiger partial charge in [0.2, 0.25) is 10.0 Å². The fraction of sp³-hybridized carbons (Fsp3) is 0.304. The first kappa shape index (κ1) is 21.1. The van der Waals surface area contributed by atoms with E-state index in [9.17, 15) is 8.42 Å². The van der Waals surface area contributed by atoms with Gasteiger partial charge < -0.3 is 9.47 Å². The normalized spacial score (nSPS) is 12.9. The van der Waals surface area contributed by atoms with Gasteiger partial charge in [-0.1, -0.05) is 38.1 Å². The third kappa shape index (κ3) is 5.08.